The standard InChI is InChI=1S/C28H25BrN2O6S/c1-35-23-14-18(13-22(29)26(23)37-17-20-7-4-6-19-5-2-3-8-21(19)20)15-24-27(33)31(28(34)38-24)16-25(32)30-9-11-36-12-10-30/h2-8,13-15H,9-12,16-17H2,1H3/b24-15-. The second-order valence-electron chi connectivity index (χ2n) is 8.72. The van der Waals surface area contributed by atoms with Crippen LogP contribution in [0.25, 0.3) is 16.8 Å². The Morgan fingerprint density at radius 3 is 2.66 bits per heavy atom. The number of rotatable bonds is 7. The van der Waals surface area contributed by atoms with Gasteiger partial charge in [-0.1, -0.05) is 42.5 Å². The van der Waals surface area contributed by atoms with Gasteiger partial charge in [-0.15, -0.1) is 0 Å². The van der Waals surface area contributed by atoms with Crippen molar-refractivity contribution in [2.45, 2.75) is 6.61 Å². The summed E-state index contributed by atoms with van der Waals surface area (Å²) >= 11 is 4.38. The van der Waals surface area contributed by atoms with Gasteiger partial charge in [-0.3, -0.25) is 19.3 Å². The number of imide groups is 1. The van der Waals surface area contributed by atoms with Crippen molar-refractivity contribution in [1.82, 2.24) is 9.80 Å². The number of halogens is 1. The minimum atomic E-state index is -0.493. The number of amides is 3. The Labute approximate surface area is 232 Å². The molecule has 3 aromatic rings. The maximum absolute atomic E-state index is 13.0. The van der Waals surface area contributed by atoms with Crippen LogP contribution in [-0.2, 0) is 20.9 Å². The predicted octanol–water partition coefficient (Wildman–Crippen LogP) is 5.09. The minimum absolute atomic E-state index is 0.239. The number of methoxy groups -OCH3 is 1. The molecule has 0 spiro atoms. The summed E-state index contributed by atoms with van der Waals surface area (Å²) in [6.45, 7) is 1.86. The van der Waals surface area contributed by atoms with Gasteiger partial charge < -0.3 is 19.1 Å². The molecule has 0 atom stereocenters. The zero-order valence-corrected chi connectivity index (χ0v) is 23.0. The van der Waals surface area contributed by atoms with Gasteiger partial charge in [0.2, 0.25) is 5.91 Å². The fraction of sp³-hybridized carbons (Fsp3) is 0.250. The first-order valence-electron chi connectivity index (χ1n) is 12.0. The molecule has 0 N–H and O–H groups in total. The average Bonchev–Trinajstić information content (AvgIpc) is 3.19. The highest BCUT2D eigenvalue weighted by Crippen LogP contribution is 2.39. The van der Waals surface area contributed by atoms with Crippen molar-refractivity contribution in [3.63, 3.8) is 0 Å². The van der Waals surface area contributed by atoms with Crippen LogP contribution in [0.4, 0.5) is 4.79 Å². The molecule has 2 aliphatic heterocycles. The fourth-order valence-corrected chi connectivity index (χ4v) is 5.78. The number of thioether (sulfide) groups is 1. The van der Waals surface area contributed by atoms with E-state index in [1.165, 1.54) is 0 Å². The molecule has 8 nitrogen and oxygen atoms in total. The van der Waals surface area contributed by atoms with Gasteiger partial charge in [-0.2, -0.15) is 0 Å². The molecule has 0 bridgehead atoms. The van der Waals surface area contributed by atoms with E-state index < -0.39 is 11.1 Å². The largest absolute Gasteiger partial charge is 0.493 e. The van der Waals surface area contributed by atoms with Crippen LogP contribution in [0.3, 0.4) is 0 Å². The molecule has 38 heavy (non-hydrogen) atoms. The molecule has 0 radical (unpaired) electrons. The Balaban J connectivity index is 1.32. The summed E-state index contributed by atoms with van der Waals surface area (Å²) in [6, 6.07) is 17.7. The van der Waals surface area contributed by atoms with Crippen LogP contribution < -0.4 is 9.47 Å². The van der Waals surface area contributed by atoms with Crippen molar-refractivity contribution in [3.05, 3.63) is 75.1 Å². The van der Waals surface area contributed by atoms with Crippen LogP contribution in [0.15, 0.2) is 64.0 Å². The van der Waals surface area contributed by atoms with E-state index in [1.807, 2.05) is 24.3 Å². The molecule has 2 fully saturated rings. The van der Waals surface area contributed by atoms with E-state index in [1.54, 1.807) is 30.2 Å². The lowest BCUT2D eigenvalue weighted by molar-refractivity contribution is -0.139. The zero-order chi connectivity index (χ0) is 26.6. The third-order valence-electron chi connectivity index (χ3n) is 6.33. The molecule has 10 heteroatoms. The monoisotopic (exact) mass is 596 g/mol. The summed E-state index contributed by atoms with van der Waals surface area (Å²) in [5.41, 5.74) is 1.69. The van der Waals surface area contributed by atoms with Gasteiger partial charge in [0, 0.05) is 13.1 Å². The highest BCUT2D eigenvalue weighted by atomic mass is 79.9. The number of hydrogen-bond acceptors (Lipinski definition) is 7. The van der Waals surface area contributed by atoms with E-state index in [0.717, 1.165) is 33.0 Å². The lowest BCUT2D eigenvalue weighted by Gasteiger charge is -2.28. The molecule has 2 aliphatic rings. The number of morpholine rings is 1. The van der Waals surface area contributed by atoms with E-state index in [9.17, 15) is 14.4 Å². The van der Waals surface area contributed by atoms with Crippen molar-refractivity contribution in [3.8, 4) is 11.5 Å². The highest BCUT2D eigenvalue weighted by molar-refractivity contribution is 9.10. The quantitative estimate of drug-likeness (QED) is 0.351. The van der Waals surface area contributed by atoms with E-state index in [4.69, 9.17) is 14.2 Å². The Hall–Kier alpha value is -3.34. The summed E-state index contributed by atoms with van der Waals surface area (Å²) in [4.78, 5) is 40.9. The maximum Gasteiger partial charge on any atom is 0.294 e. The third-order valence-corrected chi connectivity index (χ3v) is 7.83. The van der Waals surface area contributed by atoms with Gasteiger partial charge in [0.15, 0.2) is 11.5 Å². The molecule has 196 valence electrons. The molecule has 3 amide bonds. The second-order valence-corrected chi connectivity index (χ2v) is 10.6. The summed E-state index contributed by atoms with van der Waals surface area (Å²) in [5.74, 6) is 0.247. The lowest BCUT2D eigenvalue weighted by atomic mass is 10.1. The summed E-state index contributed by atoms with van der Waals surface area (Å²) < 4.78 is 17.6. The molecule has 0 aromatic heterocycles. The molecule has 5 rings (SSSR count). The number of nitrogens with zero attached hydrogens (tertiary/aromatic N) is 2. The number of ether oxygens (including phenoxy) is 3. The predicted molar refractivity (Wildman–Crippen MR) is 149 cm³/mol. The van der Waals surface area contributed by atoms with E-state index in [-0.39, 0.29) is 17.4 Å². The van der Waals surface area contributed by atoms with Gasteiger partial charge in [-0.05, 0) is 67.8 Å². The van der Waals surface area contributed by atoms with Crippen LogP contribution in [0.5, 0.6) is 11.5 Å². The van der Waals surface area contributed by atoms with Crippen LogP contribution in [-0.4, -0.2) is 66.8 Å². The molecule has 0 saturated carbocycles. The molecule has 0 aliphatic carbocycles. The van der Waals surface area contributed by atoms with Crippen LogP contribution >= 0.6 is 27.7 Å². The number of carbonyl (C=O) groups is 3. The van der Waals surface area contributed by atoms with E-state index in [0.29, 0.717) is 54.4 Å². The van der Waals surface area contributed by atoms with Crippen LogP contribution in [0.1, 0.15) is 11.1 Å². The van der Waals surface area contributed by atoms with Crippen molar-refractivity contribution in [2.24, 2.45) is 0 Å². The van der Waals surface area contributed by atoms with Gasteiger partial charge >= 0.3 is 0 Å². The van der Waals surface area contributed by atoms with E-state index >= 15 is 0 Å². The van der Waals surface area contributed by atoms with Crippen molar-refractivity contribution in [2.75, 3.05) is 40.0 Å². The number of fused-ring (bicyclic) bond motifs is 1. The molecule has 2 saturated heterocycles. The lowest BCUT2D eigenvalue weighted by Crippen LogP contribution is -2.46. The molecular formula is C28H25BrN2O6S. The first-order valence-corrected chi connectivity index (χ1v) is 13.6. The van der Waals surface area contributed by atoms with Gasteiger partial charge in [0.1, 0.15) is 13.2 Å². The van der Waals surface area contributed by atoms with Gasteiger partial charge in [0.05, 0.1) is 29.7 Å². The molecule has 2 heterocycles. The van der Waals surface area contributed by atoms with Gasteiger partial charge in [0.25, 0.3) is 11.1 Å². The Morgan fingerprint density at radius 2 is 1.87 bits per heavy atom. The van der Waals surface area contributed by atoms with E-state index in [2.05, 4.69) is 34.1 Å². The van der Waals surface area contributed by atoms with Crippen LogP contribution in [0.2, 0.25) is 0 Å². The van der Waals surface area contributed by atoms with Crippen molar-refractivity contribution in [1.29, 1.82) is 0 Å². The molecule has 0 unspecified atom stereocenters. The number of benzene rings is 3. The smallest absolute Gasteiger partial charge is 0.294 e. The Kier molecular flexibility index (Phi) is 8.01. The highest BCUT2D eigenvalue weighted by Gasteiger charge is 2.37. The Morgan fingerprint density at radius 1 is 1.11 bits per heavy atom. The van der Waals surface area contributed by atoms with Crippen molar-refractivity contribution >= 4 is 61.6 Å². The summed E-state index contributed by atoms with van der Waals surface area (Å²) in [6.07, 6.45) is 1.62. The second kappa shape index (κ2) is 11.6. The maximum atomic E-state index is 13.0. The van der Waals surface area contributed by atoms with Gasteiger partial charge in [-0.25, -0.2) is 0 Å². The summed E-state index contributed by atoms with van der Waals surface area (Å²) in [7, 11) is 1.54. The number of hydrogen-bond donors (Lipinski definition) is 0. The normalized spacial score (nSPS) is 16.9. The molecule has 3 aromatic carbocycles. The topological polar surface area (TPSA) is 85.4 Å². The molecular weight excluding hydrogens is 572 g/mol. The van der Waals surface area contributed by atoms with Crippen molar-refractivity contribution < 1.29 is 28.6 Å². The first-order chi connectivity index (χ1) is 18.4. The summed E-state index contributed by atoms with van der Waals surface area (Å²) in [5, 5.41) is 1.78. The zero-order valence-electron chi connectivity index (χ0n) is 20.6. The minimum Gasteiger partial charge on any atom is -0.493 e. The SMILES string of the molecule is COc1cc(/C=C2\SC(=O)N(CC(=O)N3CCOCC3)C2=O)cc(Br)c1OCc1cccc2ccccc12. The third kappa shape index (κ3) is 5.57. The number of carbonyl (C=O) groups excluding carboxylic acids is 3. The first kappa shape index (κ1) is 26.3. The Bertz CT molecular complexity index is 1430. The fourth-order valence-electron chi connectivity index (χ4n) is 4.37. The van der Waals surface area contributed by atoms with Crippen LogP contribution in [0, 0.1) is 0 Å². The average molecular weight is 597 g/mol.